The second kappa shape index (κ2) is 6.57. The van der Waals surface area contributed by atoms with Crippen molar-refractivity contribution in [3.05, 3.63) is 24.3 Å². The van der Waals surface area contributed by atoms with Gasteiger partial charge < -0.3 is 4.74 Å². The van der Waals surface area contributed by atoms with Crippen molar-refractivity contribution in [2.45, 2.75) is 23.5 Å². The molecule has 0 spiro atoms. The molecule has 1 heterocycles. The fourth-order valence-electron chi connectivity index (χ4n) is 2.07. The fraction of sp³-hybridized carbons (Fsp3) is 0.400. The van der Waals surface area contributed by atoms with Crippen molar-refractivity contribution in [1.82, 2.24) is 4.31 Å². The van der Waals surface area contributed by atoms with Crippen LogP contribution in [0.15, 0.2) is 29.2 Å². The first kappa shape index (κ1) is 15.3. The molecule has 1 aromatic carbocycles. The molecule has 1 fully saturated rings. The number of hydrogen-bond acceptors (Lipinski definition) is 3. The molecule has 2 rings (SSSR count). The van der Waals surface area contributed by atoms with Crippen LogP contribution in [0.4, 0.5) is 0 Å². The SMILES string of the molecule is C=S(=O)(c1ccc(OCC#CC)cc1)N1CC[C@@H](S)C1. The fourth-order valence-corrected chi connectivity index (χ4v) is 4.17. The quantitative estimate of drug-likeness (QED) is 0.524. The molecule has 0 bridgehead atoms. The molecule has 20 heavy (non-hydrogen) atoms. The van der Waals surface area contributed by atoms with Gasteiger partial charge >= 0.3 is 0 Å². The number of rotatable bonds is 4. The van der Waals surface area contributed by atoms with Crippen molar-refractivity contribution in [2.24, 2.45) is 0 Å². The second-order valence-electron chi connectivity index (χ2n) is 4.66. The maximum Gasteiger partial charge on any atom is 0.149 e. The molecule has 3 nitrogen and oxygen atoms in total. The van der Waals surface area contributed by atoms with Gasteiger partial charge in [-0.05, 0) is 43.5 Å². The van der Waals surface area contributed by atoms with Gasteiger partial charge in [-0.1, -0.05) is 5.92 Å². The van der Waals surface area contributed by atoms with Crippen LogP contribution in [-0.4, -0.2) is 39.3 Å². The minimum Gasteiger partial charge on any atom is -0.481 e. The highest BCUT2D eigenvalue weighted by Crippen LogP contribution is 2.24. The standard InChI is InChI=1S/C15H19NO2S2/c1-3-4-11-18-13-5-7-15(8-6-13)20(2,17)16-10-9-14(19)12-16/h5-8,14,19H,2,9-12H2,1H3/t14-,20?/m1/s1. The van der Waals surface area contributed by atoms with Crippen LogP contribution in [0.5, 0.6) is 5.75 Å². The first-order chi connectivity index (χ1) is 9.54. The number of ether oxygens (including phenoxy) is 1. The lowest BCUT2D eigenvalue weighted by Gasteiger charge is -2.21. The summed E-state index contributed by atoms with van der Waals surface area (Å²) in [5, 5.41) is 0.285. The predicted octanol–water partition coefficient (Wildman–Crippen LogP) is 2.08. The van der Waals surface area contributed by atoms with Crippen LogP contribution in [0.1, 0.15) is 13.3 Å². The topological polar surface area (TPSA) is 29.5 Å². The van der Waals surface area contributed by atoms with E-state index in [0.717, 1.165) is 30.2 Å². The molecule has 5 heteroatoms. The zero-order valence-electron chi connectivity index (χ0n) is 11.5. The van der Waals surface area contributed by atoms with Crippen molar-refractivity contribution in [1.29, 1.82) is 0 Å². The van der Waals surface area contributed by atoms with E-state index in [-0.39, 0.29) is 5.25 Å². The maximum absolute atomic E-state index is 12.8. The Balaban J connectivity index is 2.10. The van der Waals surface area contributed by atoms with Gasteiger partial charge in [0.15, 0.2) is 0 Å². The van der Waals surface area contributed by atoms with E-state index in [9.17, 15) is 4.21 Å². The largest absolute Gasteiger partial charge is 0.481 e. The molecule has 0 aliphatic carbocycles. The third-order valence-electron chi connectivity index (χ3n) is 3.22. The number of hydrogen-bond donors (Lipinski definition) is 1. The molecule has 1 saturated heterocycles. The average molecular weight is 309 g/mol. The maximum atomic E-state index is 12.8. The Kier molecular flexibility index (Phi) is 5.03. The summed E-state index contributed by atoms with van der Waals surface area (Å²) in [6, 6.07) is 7.25. The summed E-state index contributed by atoms with van der Waals surface area (Å²) in [4.78, 5) is 0.730. The van der Waals surface area contributed by atoms with E-state index in [1.807, 2.05) is 28.6 Å². The molecule has 0 N–H and O–H groups in total. The molecule has 1 aromatic rings. The summed E-state index contributed by atoms with van der Waals surface area (Å²) in [5.41, 5.74) is 0. The Morgan fingerprint density at radius 1 is 1.50 bits per heavy atom. The average Bonchev–Trinajstić information content (AvgIpc) is 2.87. The van der Waals surface area contributed by atoms with Gasteiger partial charge in [0.1, 0.15) is 12.4 Å². The number of benzene rings is 1. The Morgan fingerprint density at radius 3 is 2.75 bits per heavy atom. The van der Waals surface area contributed by atoms with Crippen molar-refractivity contribution in [2.75, 3.05) is 19.7 Å². The smallest absolute Gasteiger partial charge is 0.149 e. The molecule has 108 valence electrons. The lowest BCUT2D eigenvalue weighted by molar-refractivity contribution is 0.370. The summed E-state index contributed by atoms with van der Waals surface area (Å²) >= 11 is 4.43. The number of nitrogens with zero attached hydrogens (tertiary/aromatic N) is 1. The third kappa shape index (κ3) is 3.51. The Labute approximate surface area is 126 Å². The summed E-state index contributed by atoms with van der Waals surface area (Å²) in [6.45, 7) is 3.63. The van der Waals surface area contributed by atoms with E-state index in [1.165, 1.54) is 0 Å². The predicted molar refractivity (Wildman–Crippen MR) is 87.9 cm³/mol. The molecule has 0 aromatic heterocycles. The highest BCUT2D eigenvalue weighted by molar-refractivity contribution is 7.98. The van der Waals surface area contributed by atoms with Crippen LogP contribution in [-0.2, 0) is 9.71 Å². The van der Waals surface area contributed by atoms with Gasteiger partial charge in [-0.2, -0.15) is 12.6 Å². The van der Waals surface area contributed by atoms with E-state index in [0.29, 0.717) is 6.61 Å². The first-order valence-electron chi connectivity index (χ1n) is 6.47. The molecule has 0 amide bonds. The van der Waals surface area contributed by atoms with Gasteiger partial charge in [0.25, 0.3) is 0 Å². The van der Waals surface area contributed by atoms with E-state index >= 15 is 0 Å². The normalized spacial score (nSPS) is 21.8. The van der Waals surface area contributed by atoms with E-state index < -0.39 is 9.71 Å². The highest BCUT2D eigenvalue weighted by Gasteiger charge is 2.26. The monoisotopic (exact) mass is 309 g/mol. The van der Waals surface area contributed by atoms with Gasteiger partial charge in [0, 0.05) is 23.2 Å². The van der Waals surface area contributed by atoms with Gasteiger partial charge in [-0.3, -0.25) is 0 Å². The van der Waals surface area contributed by atoms with Crippen molar-refractivity contribution in [3.8, 4) is 17.6 Å². The Bertz CT molecular complexity index is 612. The first-order valence-corrected chi connectivity index (χ1v) is 8.67. The Morgan fingerprint density at radius 2 is 2.20 bits per heavy atom. The molecular formula is C15H19NO2S2. The second-order valence-corrected chi connectivity index (χ2v) is 7.66. The van der Waals surface area contributed by atoms with E-state index in [1.54, 1.807) is 6.92 Å². The van der Waals surface area contributed by atoms with E-state index in [4.69, 9.17) is 4.74 Å². The molecule has 1 unspecified atom stereocenters. The minimum absolute atomic E-state index is 0.285. The zero-order valence-corrected chi connectivity index (χ0v) is 13.3. The van der Waals surface area contributed by atoms with Gasteiger partial charge in [-0.15, -0.1) is 5.92 Å². The molecule has 0 saturated carbocycles. The summed E-state index contributed by atoms with van der Waals surface area (Å²) in [6.07, 6.45) is 0.951. The molecule has 0 radical (unpaired) electrons. The Hall–Kier alpha value is -1.09. The number of thiol groups is 1. The van der Waals surface area contributed by atoms with Gasteiger partial charge in [0.2, 0.25) is 0 Å². The van der Waals surface area contributed by atoms with Crippen molar-refractivity contribution >= 4 is 28.2 Å². The zero-order chi connectivity index (χ0) is 14.6. The van der Waals surface area contributed by atoms with E-state index in [2.05, 4.69) is 30.3 Å². The van der Waals surface area contributed by atoms with Crippen LogP contribution < -0.4 is 4.74 Å². The molecule has 2 atom stereocenters. The summed E-state index contributed by atoms with van der Waals surface area (Å²) in [5.74, 6) is 10.2. The third-order valence-corrected chi connectivity index (χ3v) is 5.82. The van der Waals surface area contributed by atoms with Gasteiger partial charge in [0.05, 0.1) is 9.71 Å². The van der Waals surface area contributed by atoms with Crippen molar-refractivity contribution < 1.29 is 8.95 Å². The van der Waals surface area contributed by atoms with Crippen LogP contribution in [0.2, 0.25) is 0 Å². The molecule has 1 aliphatic heterocycles. The molecule has 1 aliphatic rings. The van der Waals surface area contributed by atoms with Gasteiger partial charge in [-0.25, -0.2) is 8.51 Å². The highest BCUT2D eigenvalue weighted by atomic mass is 32.2. The van der Waals surface area contributed by atoms with Crippen LogP contribution in [0.3, 0.4) is 0 Å². The lowest BCUT2D eigenvalue weighted by atomic mass is 10.3. The van der Waals surface area contributed by atoms with Crippen LogP contribution in [0, 0.1) is 11.8 Å². The van der Waals surface area contributed by atoms with Crippen molar-refractivity contribution in [3.63, 3.8) is 0 Å². The summed E-state index contributed by atoms with van der Waals surface area (Å²) < 4.78 is 20.2. The summed E-state index contributed by atoms with van der Waals surface area (Å²) in [7, 11) is -2.41. The minimum atomic E-state index is -2.41. The lowest BCUT2D eigenvalue weighted by Crippen LogP contribution is -2.28. The van der Waals surface area contributed by atoms with Crippen LogP contribution >= 0.6 is 12.6 Å². The molecular weight excluding hydrogens is 290 g/mol. The van der Waals surface area contributed by atoms with Crippen LogP contribution in [0.25, 0.3) is 0 Å².